The van der Waals surface area contributed by atoms with Crippen molar-refractivity contribution in [3.63, 3.8) is 0 Å². The number of hydrogen-bond acceptors (Lipinski definition) is 5. The van der Waals surface area contributed by atoms with E-state index in [2.05, 4.69) is 0 Å². The molecule has 0 radical (unpaired) electrons. The summed E-state index contributed by atoms with van der Waals surface area (Å²) in [4.78, 5) is 14.8. The van der Waals surface area contributed by atoms with Gasteiger partial charge < -0.3 is 24.6 Å². The molecule has 4 rings (SSSR count). The van der Waals surface area contributed by atoms with Crippen molar-refractivity contribution in [2.24, 2.45) is 0 Å². The molecule has 1 saturated carbocycles. The number of halogens is 2. The molecule has 2 aliphatic rings. The number of hydrogen-bond donors (Lipinski definition) is 2. The maximum absolute atomic E-state index is 15.4. The van der Waals surface area contributed by atoms with Crippen LogP contribution in [0.2, 0.25) is 0 Å². The normalized spacial score (nSPS) is 21.1. The molecule has 202 valence electrons. The Morgan fingerprint density at radius 1 is 1.19 bits per heavy atom. The predicted molar refractivity (Wildman–Crippen MR) is 136 cm³/mol. The number of aryl methyl sites for hydroxylation is 1. The van der Waals surface area contributed by atoms with Crippen molar-refractivity contribution in [1.82, 2.24) is 4.90 Å². The predicted octanol–water partition coefficient (Wildman–Crippen LogP) is 4.48. The van der Waals surface area contributed by atoms with Crippen LogP contribution < -0.4 is 0 Å². The van der Waals surface area contributed by atoms with Crippen molar-refractivity contribution in [3.05, 3.63) is 59.2 Å². The smallest absolute Gasteiger partial charge is 0.254 e. The van der Waals surface area contributed by atoms with E-state index in [0.717, 1.165) is 12.8 Å². The van der Waals surface area contributed by atoms with Gasteiger partial charge in [0, 0.05) is 25.8 Å². The van der Waals surface area contributed by atoms with Crippen LogP contribution in [0.4, 0.5) is 8.78 Å². The third-order valence-corrected chi connectivity index (χ3v) is 7.80. The number of carbonyl (C=O) groups is 1. The number of nitrogens with zero attached hydrogens (tertiary/aromatic N) is 1. The molecule has 8 heteroatoms. The Morgan fingerprint density at radius 2 is 1.95 bits per heavy atom. The Balaban J connectivity index is 1.73. The first kappa shape index (κ1) is 27.6. The molecule has 0 bridgehead atoms. The van der Waals surface area contributed by atoms with Crippen molar-refractivity contribution in [1.29, 1.82) is 0 Å². The van der Waals surface area contributed by atoms with Gasteiger partial charge in [-0.05, 0) is 86.8 Å². The SMILES string of the molecule is COCCCC[C@](O)(c1cccc(F)c1-c1ccc(F)c(C)c1)C1CN(C(=O)C2(O)CCCC2)CCO1. The summed E-state index contributed by atoms with van der Waals surface area (Å²) in [5.74, 6) is -1.28. The van der Waals surface area contributed by atoms with Crippen molar-refractivity contribution in [3.8, 4) is 11.1 Å². The Bertz CT molecular complexity index is 1100. The van der Waals surface area contributed by atoms with Gasteiger partial charge >= 0.3 is 0 Å². The number of ether oxygens (including phenoxy) is 2. The van der Waals surface area contributed by atoms with E-state index in [9.17, 15) is 19.4 Å². The summed E-state index contributed by atoms with van der Waals surface area (Å²) < 4.78 is 40.7. The fourth-order valence-corrected chi connectivity index (χ4v) is 5.68. The van der Waals surface area contributed by atoms with Crippen LogP contribution in [0.3, 0.4) is 0 Å². The van der Waals surface area contributed by atoms with Gasteiger partial charge in [0.2, 0.25) is 0 Å². The standard InChI is InChI=1S/C29H37F2NO5/c1-20-18-21(10-11-23(20)30)26-22(8-7-9-24(26)31)29(35,14-5-6-16-36-2)25-19-32(15-17-37-25)27(33)28(34)12-3-4-13-28/h7-11,18,25,34-35H,3-6,12-17,19H2,1-2H3/t25?,29-/m0/s1. The fraction of sp³-hybridized carbons (Fsp3) is 0.552. The minimum atomic E-state index is -1.65. The summed E-state index contributed by atoms with van der Waals surface area (Å²) >= 11 is 0. The van der Waals surface area contributed by atoms with E-state index in [1.165, 1.54) is 24.3 Å². The molecular formula is C29H37F2NO5. The Labute approximate surface area is 217 Å². The van der Waals surface area contributed by atoms with Crippen LogP contribution in [0.1, 0.15) is 56.1 Å². The van der Waals surface area contributed by atoms with E-state index >= 15 is 4.39 Å². The second-order valence-electron chi connectivity index (χ2n) is 10.3. The van der Waals surface area contributed by atoms with Gasteiger partial charge in [-0.15, -0.1) is 0 Å². The number of morpholine rings is 1. The van der Waals surface area contributed by atoms with Crippen molar-refractivity contribution in [2.45, 2.75) is 69.2 Å². The van der Waals surface area contributed by atoms with Gasteiger partial charge in [0.25, 0.3) is 5.91 Å². The van der Waals surface area contributed by atoms with E-state index in [1.807, 2.05) is 0 Å². The minimum Gasteiger partial charge on any atom is -0.385 e. The molecule has 0 aromatic heterocycles. The highest BCUT2D eigenvalue weighted by Crippen LogP contribution is 2.42. The lowest BCUT2D eigenvalue weighted by Crippen LogP contribution is -2.58. The molecule has 2 aromatic carbocycles. The summed E-state index contributed by atoms with van der Waals surface area (Å²) in [6, 6.07) is 8.88. The Kier molecular flexibility index (Phi) is 8.63. The number of methoxy groups -OCH3 is 1. The molecule has 1 aliphatic carbocycles. The fourth-order valence-electron chi connectivity index (χ4n) is 5.68. The lowest BCUT2D eigenvalue weighted by molar-refractivity contribution is -0.176. The van der Waals surface area contributed by atoms with Crippen LogP contribution in [0.15, 0.2) is 36.4 Å². The maximum Gasteiger partial charge on any atom is 0.254 e. The summed E-state index contributed by atoms with van der Waals surface area (Å²) in [5, 5.41) is 23.2. The number of unbranched alkanes of at least 4 members (excludes halogenated alkanes) is 1. The largest absolute Gasteiger partial charge is 0.385 e. The molecule has 2 atom stereocenters. The molecule has 2 aromatic rings. The van der Waals surface area contributed by atoms with Crippen molar-refractivity contribution in [2.75, 3.05) is 33.4 Å². The van der Waals surface area contributed by atoms with E-state index in [0.29, 0.717) is 55.5 Å². The zero-order valence-corrected chi connectivity index (χ0v) is 21.6. The average molecular weight is 518 g/mol. The number of aliphatic hydroxyl groups is 2. The van der Waals surface area contributed by atoms with Crippen LogP contribution in [-0.4, -0.2) is 66.1 Å². The number of carbonyl (C=O) groups excluding carboxylic acids is 1. The van der Waals surface area contributed by atoms with E-state index in [-0.39, 0.29) is 31.0 Å². The molecular weight excluding hydrogens is 480 g/mol. The topological polar surface area (TPSA) is 79.2 Å². The molecule has 0 spiro atoms. The van der Waals surface area contributed by atoms with E-state index in [4.69, 9.17) is 9.47 Å². The summed E-state index contributed by atoms with van der Waals surface area (Å²) in [6.45, 7) is 2.68. The highest BCUT2D eigenvalue weighted by atomic mass is 19.1. The third-order valence-electron chi connectivity index (χ3n) is 7.80. The van der Waals surface area contributed by atoms with Gasteiger partial charge in [-0.2, -0.15) is 0 Å². The lowest BCUT2D eigenvalue weighted by Gasteiger charge is -2.44. The molecule has 1 amide bonds. The summed E-state index contributed by atoms with van der Waals surface area (Å²) in [6.07, 6.45) is 3.07. The Morgan fingerprint density at radius 3 is 2.65 bits per heavy atom. The van der Waals surface area contributed by atoms with Crippen LogP contribution >= 0.6 is 0 Å². The van der Waals surface area contributed by atoms with Gasteiger partial charge in [-0.3, -0.25) is 4.79 Å². The summed E-state index contributed by atoms with van der Waals surface area (Å²) in [7, 11) is 1.61. The molecule has 6 nitrogen and oxygen atoms in total. The monoisotopic (exact) mass is 517 g/mol. The maximum atomic E-state index is 15.4. The number of amides is 1. The quantitative estimate of drug-likeness (QED) is 0.480. The molecule has 1 saturated heterocycles. The van der Waals surface area contributed by atoms with Gasteiger partial charge in [0.05, 0.1) is 13.2 Å². The third kappa shape index (κ3) is 5.72. The zero-order valence-electron chi connectivity index (χ0n) is 21.6. The molecule has 1 heterocycles. The van der Waals surface area contributed by atoms with Gasteiger partial charge in [0.1, 0.15) is 28.9 Å². The first-order valence-corrected chi connectivity index (χ1v) is 13.1. The lowest BCUT2D eigenvalue weighted by atomic mass is 9.78. The highest BCUT2D eigenvalue weighted by molar-refractivity contribution is 5.85. The molecule has 2 N–H and O–H groups in total. The van der Waals surface area contributed by atoms with Gasteiger partial charge in [-0.1, -0.05) is 18.2 Å². The zero-order chi connectivity index (χ0) is 26.6. The summed E-state index contributed by atoms with van der Waals surface area (Å²) in [5.41, 5.74) is -1.70. The van der Waals surface area contributed by atoms with E-state index < -0.39 is 28.9 Å². The second-order valence-corrected chi connectivity index (χ2v) is 10.3. The van der Waals surface area contributed by atoms with E-state index in [1.54, 1.807) is 31.1 Å². The van der Waals surface area contributed by atoms with Crippen molar-refractivity contribution < 1.29 is 33.3 Å². The first-order valence-electron chi connectivity index (χ1n) is 13.1. The van der Waals surface area contributed by atoms with Crippen LogP contribution in [-0.2, 0) is 19.9 Å². The highest BCUT2D eigenvalue weighted by Gasteiger charge is 2.47. The second kappa shape index (κ2) is 11.6. The van der Waals surface area contributed by atoms with Crippen LogP contribution in [0.5, 0.6) is 0 Å². The van der Waals surface area contributed by atoms with Gasteiger partial charge in [0.15, 0.2) is 0 Å². The van der Waals surface area contributed by atoms with Crippen LogP contribution in [0, 0.1) is 18.6 Å². The average Bonchev–Trinajstić information content (AvgIpc) is 3.35. The van der Waals surface area contributed by atoms with Gasteiger partial charge in [-0.25, -0.2) is 8.78 Å². The molecule has 37 heavy (non-hydrogen) atoms. The molecule has 1 unspecified atom stereocenters. The van der Waals surface area contributed by atoms with Crippen LogP contribution in [0.25, 0.3) is 11.1 Å². The molecule has 2 fully saturated rings. The minimum absolute atomic E-state index is 0.0698. The Hall–Kier alpha value is -2.39. The first-order chi connectivity index (χ1) is 17.7. The van der Waals surface area contributed by atoms with Crippen molar-refractivity contribution >= 4 is 5.91 Å². The number of benzene rings is 2. The number of rotatable bonds is 9. The molecule has 1 aliphatic heterocycles.